The van der Waals surface area contributed by atoms with E-state index in [1.165, 1.54) is 11.1 Å². The molecular formula is C27H25N3S. The van der Waals surface area contributed by atoms with E-state index in [-0.39, 0.29) is 0 Å². The number of thiocarbonyl (C=S) groups is 1. The Balaban J connectivity index is 1.44. The number of rotatable bonds is 7. The van der Waals surface area contributed by atoms with Crippen LogP contribution in [0.4, 0.5) is 17.1 Å². The van der Waals surface area contributed by atoms with Crippen molar-refractivity contribution in [3.05, 3.63) is 126 Å². The number of nitrogens with one attached hydrogen (secondary N) is 2. The number of hydrogen-bond donors (Lipinski definition) is 2. The largest absolute Gasteiger partial charge is 0.356 e. The van der Waals surface area contributed by atoms with E-state index in [0.717, 1.165) is 30.2 Å². The van der Waals surface area contributed by atoms with Crippen molar-refractivity contribution >= 4 is 34.4 Å². The summed E-state index contributed by atoms with van der Waals surface area (Å²) in [5.74, 6) is 0. The number of hydrogen-bond acceptors (Lipinski definition) is 2. The zero-order valence-corrected chi connectivity index (χ0v) is 18.1. The molecule has 0 atom stereocenters. The molecule has 0 spiro atoms. The van der Waals surface area contributed by atoms with Gasteiger partial charge in [0.15, 0.2) is 5.11 Å². The Labute approximate surface area is 189 Å². The van der Waals surface area contributed by atoms with Gasteiger partial charge in [0.05, 0.1) is 0 Å². The summed E-state index contributed by atoms with van der Waals surface area (Å²) < 4.78 is 0. The number of nitrogens with zero attached hydrogens (tertiary/aromatic N) is 1. The average Bonchev–Trinajstić information content (AvgIpc) is 2.82. The van der Waals surface area contributed by atoms with E-state index in [2.05, 4.69) is 76.2 Å². The molecule has 4 aromatic carbocycles. The minimum absolute atomic E-state index is 0.705. The molecule has 154 valence electrons. The highest BCUT2D eigenvalue weighted by atomic mass is 32.1. The maximum absolute atomic E-state index is 5.79. The lowest BCUT2D eigenvalue weighted by molar-refractivity contribution is 0.413. The van der Waals surface area contributed by atoms with Crippen molar-refractivity contribution in [1.29, 1.82) is 0 Å². The van der Waals surface area contributed by atoms with Gasteiger partial charge in [-0.05, 0) is 59.7 Å². The van der Waals surface area contributed by atoms with E-state index < -0.39 is 0 Å². The predicted octanol–water partition coefficient (Wildman–Crippen LogP) is 6.83. The SMILES string of the molecule is S=C(Nc1ccc(Nc2ccccc2)cc1)N(Cc1ccccc1)Cc1ccccc1. The van der Waals surface area contributed by atoms with Crippen LogP contribution in [-0.2, 0) is 13.1 Å². The van der Waals surface area contributed by atoms with Crippen LogP contribution in [0, 0.1) is 0 Å². The standard InChI is InChI=1S/C27H25N3S/c31-27(29-26-18-16-25(17-19-26)28-24-14-8-3-9-15-24)30(20-22-10-4-1-5-11-22)21-23-12-6-2-7-13-23/h1-19,28H,20-21H2,(H,29,31). The molecule has 0 unspecified atom stereocenters. The third-order valence-electron chi connectivity index (χ3n) is 4.92. The van der Waals surface area contributed by atoms with Crippen molar-refractivity contribution in [2.75, 3.05) is 10.6 Å². The Morgan fingerprint density at radius 3 is 1.48 bits per heavy atom. The minimum Gasteiger partial charge on any atom is -0.356 e. The Morgan fingerprint density at radius 1 is 0.548 bits per heavy atom. The molecule has 0 aliphatic rings. The van der Waals surface area contributed by atoms with Gasteiger partial charge in [0, 0.05) is 30.2 Å². The maximum Gasteiger partial charge on any atom is 0.174 e. The van der Waals surface area contributed by atoms with Crippen LogP contribution in [-0.4, -0.2) is 10.0 Å². The van der Waals surface area contributed by atoms with Crippen LogP contribution in [0.3, 0.4) is 0 Å². The Morgan fingerprint density at radius 2 is 0.968 bits per heavy atom. The first-order chi connectivity index (χ1) is 15.3. The fourth-order valence-electron chi connectivity index (χ4n) is 3.33. The van der Waals surface area contributed by atoms with Crippen LogP contribution in [0.25, 0.3) is 0 Å². The fraction of sp³-hybridized carbons (Fsp3) is 0.0741. The van der Waals surface area contributed by atoms with Gasteiger partial charge in [-0.25, -0.2) is 0 Å². The maximum atomic E-state index is 5.79. The van der Waals surface area contributed by atoms with Gasteiger partial charge < -0.3 is 15.5 Å². The van der Waals surface area contributed by atoms with Gasteiger partial charge in [-0.2, -0.15) is 0 Å². The molecule has 4 heteroatoms. The molecule has 0 aliphatic heterocycles. The average molecular weight is 424 g/mol. The van der Waals surface area contributed by atoms with Crippen molar-refractivity contribution in [3.63, 3.8) is 0 Å². The summed E-state index contributed by atoms with van der Waals surface area (Å²) in [5, 5.41) is 7.51. The molecule has 0 amide bonds. The molecule has 0 aliphatic carbocycles. The number of anilines is 3. The summed E-state index contributed by atoms with van der Waals surface area (Å²) in [5.41, 5.74) is 5.52. The first kappa shape index (κ1) is 20.6. The van der Waals surface area contributed by atoms with Crippen molar-refractivity contribution < 1.29 is 0 Å². The van der Waals surface area contributed by atoms with Crippen LogP contribution in [0.5, 0.6) is 0 Å². The summed E-state index contributed by atoms with van der Waals surface area (Å²) in [6.45, 7) is 1.49. The molecule has 4 rings (SSSR count). The van der Waals surface area contributed by atoms with Gasteiger partial charge in [0.1, 0.15) is 0 Å². The second-order valence-electron chi connectivity index (χ2n) is 7.33. The summed E-state index contributed by atoms with van der Waals surface area (Å²) in [4.78, 5) is 2.19. The van der Waals surface area contributed by atoms with E-state index in [0.29, 0.717) is 5.11 Å². The summed E-state index contributed by atoms with van der Waals surface area (Å²) in [7, 11) is 0. The molecule has 3 nitrogen and oxygen atoms in total. The van der Waals surface area contributed by atoms with Gasteiger partial charge in [0.2, 0.25) is 0 Å². The van der Waals surface area contributed by atoms with Crippen LogP contribution < -0.4 is 10.6 Å². The molecule has 0 aromatic heterocycles. The van der Waals surface area contributed by atoms with Crippen molar-refractivity contribution in [2.24, 2.45) is 0 Å². The first-order valence-electron chi connectivity index (χ1n) is 10.3. The van der Waals surface area contributed by atoms with Gasteiger partial charge >= 0.3 is 0 Å². The molecule has 4 aromatic rings. The predicted molar refractivity (Wildman–Crippen MR) is 135 cm³/mol. The number of para-hydroxylation sites is 1. The lowest BCUT2D eigenvalue weighted by atomic mass is 10.2. The second-order valence-corrected chi connectivity index (χ2v) is 7.71. The van der Waals surface area contributed by atoms with Gasteiger partial charge in [-0.3, -0.25) is 0 Å². The Kier molecular flexibility index (Phi) is 6.93. The highest BCUT2D eigenvalue weighted by Crippen LogP contribution is 2.20. The highest BCUT2D eigenvalue weighted by Gasteiger charge is 2.12. The Bertz CT molecular complexity index is 1040. The lowest BCUT2D eigenvalue weighted by Gasteiger charge is -2.26. The smallest absolute Gasteiger partial charge is 0.174 e. The van der Waals surface area contributed by atoms with Crippen molar-refractivity contribution in [1.82, 2.24) is 4.90 Å². The van der Waals surface area contributed by atoms with E-state index in [9.17, 15) is 0 Å². The molecule has 0 fully saturated rings. The normalized spacial score (nSPS) is 10.3. The first-order valence-corrected chi connectivity index (χ1v) is 10.7. The topological polar surface area (TPSA) is 27.3 Å². The van der Waals surface area contributed by atoms with E-state index in [1.54, 1.807) is 0 Å². The molecule has 0 bridgehead atoms. The second kappa shape index (κ2) is 10.4. The molecule has 2 N–H and O–H groups in total. The molecular weight excluding hydrogens is 398 g/mol. The van der Waals surface area contributed by atoms with E-state index in [4.69, 9.17) is 12.2 Å². The monoisotopic (exact) mass is 423 g/mol. The van der Waals surface area contributed by atoms with Crippen LogP contribution in [0.2, 0.25) is 0 Å². The van der Waals surface area contributed by atoms with Crippen LogP contribution in [0.15, 0.2) is 115 Å². The van der Waals surface area contributed by atoms with Crippen molar-refractivity contribution in [2.45, 2.75) is 13.1 Å². The molecule has 0 radical (unpaired) electrons. The van der Waals surface area contributed by atoms with Gasteiger partial charge in [-0.15, -0.1) is 0 Å². The van der Waals surface area contributed by atoms with Crippen molar-refractivity contribution in [3.8, 4) is 0 Å². The third kappa shape index (κ3) is 6.17. The zero-order chi connectivity index (χ0) is 21.3. The van der Waals surface area contributed by atoms with Crippen LogP contribution in [0.1, 0.15) is 11.1 Å². The lowest BCUT2D eigenvalue weighted by Crippen LogP contribution is -2.33. The summed E-state index contributed by atoms with van der Waals surface area (Å²) in [6.07, 6.45) is 0. The summed E-state index contributed by atoms with van der Waals surface area (Å²) >= 11 is 5.79. The van der Waals surface area contributed by atoms with Gasteiger partial charge in [-0.1, -0.05) is 78.9 Å². The summed E-state index contributed by atoms with van der Waals surface area (Å²) in [6, 6.07) is 39.2. The fourth-order valence-corrected chi connectivity index (χ4v) is 3.58. The number of benzene rings is 4. The minimum atomic E-state index is 0.705. The van der Waals surface area contributed by atoms with Gasteiger partial charge in [0.25, 0.3) is 0 Å². The molecule has 0 heterocycles. The quantitative estimate of drug-likeness (QED) is 0.319. The van der Waals surface area contributed by atoms with Crippen LogP contribution >= 0.6 is 12.2 Å². The highest BCUT2D eigenvalue weighted by molar-refractivity contribution is 7.80. The van der Waals surface area contributed by atoms with E-state index in [1.807, 2.05) is 54.6 Å². The molecule has 0 saturated carbocycles. The molecule has 0 saturated heterocycles. The molecule has 31 heavy (non-hydrogen) atoms. The zero-order valence-electron chi connectivity index (χ0n) is 17.2. The third-order valence-corrected chi connectivity index (χ3v) is 5.28. The Hall–Kier alpha value is -3.63. The van der Waals surface area contributed by atoms with E-state index >= 15 is 0 Å².